The van der Waals surface area contributed by atoms with Crippen molar-refractivity contribution in [1.29, 1.82) is 0 Å². The molecule has 0 aliphatic carbocycles. The van der Waals surface area contributed by atoms with E-state index < -0.39 is 68.5 Å². The average Bonchev–Trinajstić information content (AvgIpc) is 3.29. The molecule has 0 fully saturated rings. The molecule has 1 heterocycles. The summed E-state index contributed by atoms with van der Waals surface area (Å²) in [6.45, 7) is 0. The number of nitro groups is 1. The highest BCUT2D eigenvalue weighted by Gasteiger charge is 2.26. The van der Waals surface area contributed by atoms with E-state index in [1.807, 2.05) is 0 Å². The fourth-order valence-corrected chi connectivity index (χ4v) is 9.46. The van der Waals surface area contributed by atoms with E-state index in [2.05, 4.69) is 55.8 Å². The summed E-state index contributed by atoms with van der Waals surface area (Å²) < 4.78 is 108. The minimum Gasteiger partial charge on any atom is -0.505 e. The SMILES string of the molecule is Nc1ccc(NC2=NC(Nc3cc4c(O)c(N=Nc5ccc(N=Nc6ccc7c(S(=O)(=O)O)cccc7c6)c6ccc(S(=O)(=O)O)cc56)c(SOOO)cc4cc3S(=O)(=O)O)NC(Cl)=N2)cc1[N+](=O)[O-]. The number of fused-ring (bicyclic) bond motifs is 3. The van der Waals surface area contributed by atoms with E-state index in [0.29, 0.717) is 5.39 Å². The van der Waals surface area contributed by atoms with Crippen molar-refractivity contribution in [2.45, 2.75) is 25.9 Å². The Hall–Kier alpha value is -7.49. The summed E-state index contributed by atoms with van der Waals surface area (Å²) in [5.41, 5.74) is 4.83. The summed E-state index contributed by atoms with van der Waals surface area (Å²) in [5, 5.41) is 61.4. The second-order valence-electron chi connectivity index (χ2n) is 14.4. The number of guanidine groups is 1. The zero-order valence-electron chi connectivity index (χ0n) is 34.4. The first-order chi connectivity index (χ1) is 33.1. The van der Waals surface area contributed by atoms with Crippen molar-refractivity contribution in [1.82, 2.24) is 5.32 Å². The molecule has 0 saturated carbocycles. The lowest BCUT2D eigenvalue weighted by molar-refractivity contribution is -0.432. The van der Waals surface area contributed by atoms with Crippen molar-refractivity contribution >= 4 is 143 Å². The Bertz CT molecular complexity index is 3830. The van der Waals surface area contributed by atoms with Crippen LogP contribution >= 0.6 is 23.6 Å². The third kappa shape index (κ3) is 10.6. The number of phenolic OH excluding ortho intramolecular Hbond substituents is 1. The van der Waals surface area contributed by atoms with Crippen molar-refractivity contribution in [3.05, 3.63) is 113 Å². The van der Waals surface area contributed by atoms with Gasteiger partial charge in [0.25, 0.3) is 36.0 Å². The zero-order valence-corrected chi connectivity index (χ0v) is 38.5. The molecule has 70 heavy (non-hydrogen) atoms. The lowest BCUT2D eigenvalue weighted by Crippen LogP contribution is -2.42. The van der Waals surface area contributed by atoms with Gasteiger partial charge in [0.1, 0.15) is 21.2 Å². The van der Waals surface area contributed by atoms with Gasteiger partial charge in [-0.1, -0.05) is 29.3 Å². The van der Waals surface area contributed by atoms with Gasteiger partial charge >= 0.3 is 0 Å². The molecule has 1 atom stereocenters. The third-order valence-corrected chi connectivity index (χ3v) is 13.4. The van der Waals surface area contributed by atoms with Gasteiger partial charge in [0.2, 0.25) is 11.3 Å². The summed E-state index contributed by atoms with van der Waals surface area (Å²) in [5.74, 6) is -0.918. The van der Waals surface area contributed by atoms with Gasteiger partial charge in [0.15, 0.2) is 12.0 Å². The molecule has 360 valence electrons. The van der Waals surface area contributed by atoms with Crippen LogP contribution in [0.25, 0.3) is 32.3 Å². The molecule has 1 unspecified atom stereocenters. The first kappa shape index (κ1) is 48.9. The number of hydrogen-bond donors (Lipinski definition) is 9. The molecule has 1 aliphatic heterocycles. The molecule has 0 bridgehead atoms. The number of nitro benzene ring substituents is 1. The second-order valence-corrected chi connectivity index (χ2v) is 19.7. The van der Waals surface area contributed by atoms with E-state index in [4.69, 9.17) is 22.6 Å². The molecule has 8 rings (SSSR count). The molecule has 1 aliphatic rings. The van der Waals surface area contributed by atoms with Crippen molar-refractivity contribution < 1.29 is 63.6 Å². The van der Waals surface area contributed by atoms with Gasteiger partial charge < -0.3 is 26.8 Å². The molecule has 0 amide bonds. The number of amidine groups is 1. The van der Waals surface area contributed by atoms with Crippen LogP contribution in [0.4, 0.5) is 45.5 Å². The standard InChI is InChI=1S/C39H28ClN11O15S4/c40-37-44-38(42-20-5-9-27(41)31(15-20)51(53)54)46-39(45-37)43-30-17-25-19(14-34(30)70(62,63)64)13-32(67-66-65-55)35(36(25)52)50-49-29-11-10-28(24-8-6-22(16-26(24)29)68(56,57)58)48-47-21-4-7-23-18(12-21)2-1-3-33(23)69(59,60)61/h1-17,39,43,52,55H,41H2,(H,56,57,58)(H,59,60,61)(H,62,63,64)(H2,42,44,45,46). The van der Waals surface area contributed by atoms with Crippen molar-refractivity contribution in [3.63, 3.8) is 0 Å². The smallest absolute Gasteiger partial charge is 0.296 e. The lowest BCUT2D eigenvalue weighted by atomic mass is 10.1. The number of halogens is 1. The molecule has 0 saturated heterocycles. The minimum atomic E-state index is -5.06. The fraction of sp³-hybridized carbons (Fsp3) is 0.0256. The number of aliphatic imine (C=N–C) groups is 2. The molecule has 7 aromatic carbocycles. The van der Waals surface area contributed by atoms with Crippen LogP contribution in [-0.2, 0) is 39.7 Å². The largest absolute Gasteiger partial charge is 0.505 e. The topological polar surface area (TPSA) is 401 Å². The highest BCUT2D eigenvalue weighted by Crippen LogP contribution is 2.47. The Kier molecular flexibility index (Phi) is 13.4. The van der Waals surface area contributed by atoms with Crippen molar-refractivity contribution in [3.8, 4) is 5.75 Å². The van der Waals surface area contributed by atoms with E-state index in [0.717, 1.165) is 30.3 Å². The number of anilines is 3. The van der Waals surface area contributed by atoms with Crippen LogP contribution in [0.3, 0.4) is 0 Å². The van der Waals surface area contributed by atoms with Crippen LogP contribution in [0.5, 0.6) is 5.75 Å². The van der Waals surface area contributed by atoms with E-state index >= 15 is 0 Å². The first-order valence-corrected chi connectivity index (χ1v) is 24.5. The fourth-order valence-electron chi connectivity index (χ4n) is 6.89. The van der Waals surface area contributed by atoms with Crippen LogP contribution in [0.1, 0.15) is 0 Å². The van der Waals surface area contributed by atoms with Gasteiger partial charge in [-0.3, -0.25) is 23.8 Å². The molecular weight excluding hydrogens is 1030 g/mol. The second kappa shape index (κ2) is 19.1. The minimum absolute atomic E-state index is 0.0338. The monoisotopic (exact) mass is 1050 g/mol. The summed E-state index contributed by atoms with van der Waals surface area (Å²) in [6.07, 6.45) is -1.35. The average molecular weight is 1050 g/mol. The van der Waals surface area contributed by atoms with Gasteiger partial charge in [-0.05, 0) is 95.2 Å². The highest BCUT2D eigenvalue weighted by molar-refractivity contribution is 7.94. The van der Waals surface area contributed by atoms with E-state index in [9.17, 15) is 54.1 Å². The van der Waals surface area contributed by atoms with Crippen molar-refractivity contribution in [2.75, 3.05) is 16.4 Å². The Morgan fingerprint density at radius 2 is 1.49 bits per heavy atom. The number of phenols is 1. The molecule has 7 aromatic rings. The van der Waals surface area contributed by atoms with Gasteiger partial charge in [-0.15, -0.1) is 19.7 Å². The number of nitrogen functional groups attached to an aromatic ring is 1. The van der Waals surface area contributed by atoms with Crippen LogP contribution in [0, 0.1) is 10.1 Å². The quantitative estimate of drug-likeness (QED) is 0.00718. The molecular formula is C39H28ClN11O15S4. The van der Waals surface area contributed by atoms with Crippen LogP contribution in [0.2, 0.25) is 0 Å². The summed E-state index contributed by atoms with van der Waals surface area (Å²) in [7, 11) is -14.4. The number of nitrogens with one attached hydrogen (secondary N) is 3. The molecule has 26 nitrogen and oxygen atoms in total. The number of azo groups is 2. The van der Waals surface area contributed by atoms with E-state index in [1.54, 1.807) is 6.07 Å². The van der Waals surface area contributed by atoms with Crippen molar-refractivity contribution in [2.24, 2.45) is 30.4 Å². The Balaban J connectivity index is 1.18. The normalized spacial score (nSPS) is 14.6. The number of aromatic hydroxyl groups is 1. The first-order valence-electron chi connectivity index (χ1n) is 19.1. The zero-order chi connectivity index (χ0) is 50.3. The maximum atomic E-state index is 12.8. The highest BCUT2D eigenvalue weighted by atomic mass is 35.5. The predicted molar refractivity (Wildman–Crippen MR) is 254 cm³/mol. The maximum absolute atomic E-state index is 12.8. The van der Waals surface area contributed by atoms with E-state index in [-0.39, 0.29) is 94.1 Å². The Morgan fingerprint density at radius 3 is 2.19 bits per heavy atom. The van der Waals surface area contributed by atoms with Crippen LogP contribution in [0.15, 0.2) is 153 Å². The van der Waals surface area contributed by atoms with Gasteiger partial charge in [0.05, 0.1) is 49.5 Å². The van der Waals surface area contributed by atoms with Crippen LogP contribution < -0.4 is 21.7 Å². The van der Waals surface area contributed by atoms with Gasteiger partial charge in [-0.25, -0.2) is 10.2 Å². The number of nitrogens with zero attached hydrogens (tertiary/aromatic N) is 7. The summed E-state index contributed by atoms with van der Waals surface area (Å²) in [6, 6.07) is 21.9. The van der Waals surface area contributed by atoms with Gasteiger partial charge in [0, 0.05) is 33.3 Å². The number of rotatable bonds is 14. The predicted octanol–water partition coefficient (Wildman–Crippen LogP) is 8.70. The number of benzene rings is 7. The van der Waals surface area contributed by atoms with Gasteiger partial charge in [-0.2, -0.15) is 35.4 Å². The number of hydrogen-bond acceptors (Lipinski definition) is 23. The molecule has 10 N–H and O–H groups in total. The molecule has 0 aromatic heterocycles. The Morgan fingerprint density at radius 1 is 0.771 bits per heavy atom. The summed E-state index contributed by atoms with van der Waals surface area (Å²) >= 11 is 6.49. The molecule has 0 spiro atoms. The third-order valence-electron chi connectivity index (χ3n) is 9.94. The van der Waals surface area contributed by atoms with Crippen LogP contribution in [-0.4, -0.2) is 71.7 Å². The summed E-state index contributed by atoms with van der Waals surface area (Å²) in [4.78, 5) is 17.2. The molecule has 0 radical (unpaired) electrons. The maximum Gasteiger partial charge on any atom is 0.296 e. The lowest BCUT2D eigenvalue weighted by Gasteiger charge is -2.23. The molecule has 31 heteroatoms. The Labute approximate surface area is 401 Å². The van der Waals surface area contributed by atoms with E-state index in [1.165, 1.54) is 66.7 Å². The number of nitrogens with two attached hydrogens (primary N) is 1.